The van der Waals surface area contributed by atoms with Crippen LogP contribution in [0.15, 0.2) is 12.2 Å². The van der Waals surface area contributed by atoms with E-state index >= 15 is 0 Å². The summed E-state index contributed by atoms with van der Waals surface area (Å²) in [5, 5.41) is 1.99. The van der Waals surface area contributed by atoms with Gasteiger partial charge in [0.2, 0.25) is 0 Å². The second kappa shape index (κ2) is 8.26. The van der Waals surface area contributed by atoms with E-state index in [1.807, 2.05) is 0 Å². The number of ether oxygens (including phenoxy) is 3. The standard InChI is InChI=1S/C14H22N2O6/c1-5-20-12(17)11-9-8-10(4)15(13(18)21-6-2)16(11)14(19)22-7-3/h8-11H,5-7H2,1-4H3/t10-,11+/m1/s1. The van der Waals surface area contributed by atoms with Crippen LogP contribution < -0.4 is 0 Å². The van der Waals surface area contributed by atoms with E-state index in [1.54, 1.807) is 33.8 Å². The number of hydrazine groups is 1. The van der Waals surface area contributed by atoms with E-state index < -0.39 is 30.2 Å². The molecule has 0 aliphatic carbocycles. The molecular formula is C14H22N2O6. The number of nitrogens with zero attached hydrogens (tertiary/aromatic N) is 2. The van der Waals surface area contributed by atoms with Gasteiger partial charge in [-0.05, 0) is 27.7 Å². The lowest BCUT2D eigenvalue weighted by Crippen LogP contribution is -2.61. The Morgan fingerprint density at radius 2 is 1.36 bits per heavy atom. The third kappa shape index (κ3) is 3.90. The second-order valence-electron chi connectivity index (χ2n) is 4.41. The van der Waals surface area contributed by atoms with Gasteiger partial charge in [0.25, 0.3) is 0 Å². The van der Waals surface area contributed by atoms with Crippen LogP contribution in [0.1, 0.15) is 27.7 Å². The molecule has 22 heavy (non-hydrogen) atoms. The number of rotatable bonds is 4. The van der Waals surface area contributed by atoms with Gasteiger partial charge in [0.1, 0.15) is 0 Å². The summed E-state index contributed by atoms with van der Waals surface area (Å²) in [5.74, 6) is -0.645. The van der Waals surface area contributed by atoms with Gasteiger partial charge in [0.05, 0.1) is 25.9 Å². The largest absolute Gasteiger partial charge is 0.464 e. The molecule has 0 bridgehead atoms. The van der Waals surface area contributed by atoms with E-state index in [0.717, 1.165) is 10.0 Å². The Morgan fingerprint density at radius 3 is 1.86 bits per heavy atom. The van der Waals surface area contributed by atoms with E-state index in [1.165, 1.54) is 6.08 Å². The average molecular weight is 314 g/mol. The van der Waals surface area contributed by atoms with E-state index in [4.69, 9.17) is 14.2 Å². The molecule has 2 amide bonds. The van der Waals surface area contributed by atoms with Crippen LogP contribution in [-0.4, -0.2) is 60.1 Å². The van der Waals surface area contributed by atoms with Crippen LogP contribution in [0.4, 0.5) is 9.59 Å². The van der Waals surface area contributed by atoms with Crippen molar-refractivity contribution in [3.05, 3.63) is 12.2 Å². The first-order valence-corrected chi connectivity index (χ1v) is 7.24. The topological polar surface area (TPSA) is 85.4 Å². The fraction of sp³-hybridized carbons (Fsp3) is 0.643. The summed E-state index contributed by atoms with van der Waals surface area (Å²) in [5.41, 5.74) is 0. The van der Waals surface area contributed by atoms with E-state index in [2.05, 4.69) is 0 Å². The molecule has 2 atom stereocenters. The summed E-state index contributed by atoms with van der Waals surface area (Å²) in [6, 6.07) is -1.53. The number of hydrogen-bond acceptors (Lipinski definition) is 6. The summed E-state index contributed by atoms with van der Waals surface area (Å²) in [4.78, 5) is 36.4. The number of esters is 1. The molecule has 0 saturated carbocycles. The molecule has 8 nitrogen and oxygen atoms in total. The first-order valence-electron chi connectivity index (χ1n) is 7.24. The van der Waals surface area contributed by atoms with Gasteiger partial charge in [-0.2, -0.15) is 5.01 Å². The minimum Gasteiger partial charge on any atom is -0.464 e. The lowest BCUT2D eigenvalue weighted by atomic mass is 10.1. The van der Waals surface area contributed by atoms with Gasteiger partial charge in [-0.3, -0.25) is 0 Å². The minimum atomic E-state index is -1.07. The molecule has 8 heteroatoms. The zero-order chi connectivity index (χ0) is 16.7. The maximum absolute atomic E-state index is 12.2. The SMILES string of the molecule is CCOC(=O)[C@@H]1C=C[C@@H](C)N(C(=O)OCC)N1C(=O)OCC. The minimum absolute atomic E-state index is 0.111. The first-order chi connectivity index (χ1) is 10.5. The molecule has 1 aliphatic heterocycles. The van der Waals surface area contributed by atoms with Gasteiger partial charge in [-0.25, -0.2) is 19.4 Å². The molecule has 0 saturated heterocycles. The van der Waals surface area contributed by atoms with Crippen molar-refractivity contribution in [2.75, 3.05) is 19.8 Å². The summed E-state index contributed by atoms with van der Waals surface area (Å²) >= 11 is 0. The molecular weight excluding hydrogens is 292 g/mol. The number of carbonyl (C=O) groups is 3. The molecule has 0 unspecified atom stereocenters. The Kier molecular flexibility index (Phi) is 6.68. The van der Waals surface area contributed by atoms with Crippen LogP contribution in [0, 0.1) is 0 Å². The highest BCUT2D eigenvalue weighted by Gasteiger charge is 2.42. The molecule has 0 aromatic rings. The molecule has 1 rings (SSSR count). The first kappa shape index (κ1) is 17.8. The smallest absolute Gasteiger partial charge is 0.430 e. The van der Waals surface area contributed by atoms with Crippen LogP contribution in [-0.2, 0) is 19.0 Å². The summed E-state index contributed by atoms with van der Waals surface area (Å²) in [6.45, 7) is 7.06. The van der Waals surface area contributed by atoms with Crippen molar-refractivity contribution in [2.24, 2.45) is 0 Å². The monoisotopic (exact) mass is 314 g/mol. The summed E-state index contributed by atoms with van der Waals surface area (Å²) in [6.07, 6.45) is 1.59. The van der Waals surface area contributed by atoms with Crippen molar-refractivity contribution in [3.63, 3.8) is 0 Å². The Hall–Kier alpha value is -2.25. The van der Waals surface area contributed by atoms with Gasteiger partial charge in [0.15, 0.2) is 6.04 Å². The van der Waals surface area contributed by atoms with Crippen LogP contribution in [0.25, 0.3) is 0 Å². The van der Waals surface area contributed by atoms with Crippen LogP contribution in [0.5, 0.6) is 0 Å². The van der Waals surface area contributed by atoms with Crippen LogP contribution in [0.2, 0.25) is 0 Å². The summed E-state index contributed by atoms with van der Waals surface area (Å²) in [7, 11) is 0. The molecule has 0 aromatic carbocycles. The van der Waals surface area contributed by atoms with Gasteiger partial charge in [-0.1, -0.05) is 12.2 Å². The zero-order valence-electron chi connectivity index (χ0n) is 13.3. The fourth-order valence-electron chi connectivity index (χ4n) is 2.00. The van der Waals surface area contributed by atoms with Gasteiger partial charge in [-0.15, -0.1) is 0 Å². The lowest BCUT2D eigenvalue weighted by Gasteiger charge is -2.41. The van der Waals surface area contributed by atoms with Crippen molar-refractivity contribution in [1.29, 1.82) is 0 Å². The van der Waals surface area contributed by atoms with E-state index in [-0.39, 0.29) is 19.8 Å². The Balaban J connectivity index is 3.15. The molecule has 1 heterocycles. The molecule has 0 N–H and O–H groups in total. The highest BCUT2D eigenvalue weighted by atomic mass is 16.6. The van der Waals surface area contributed by atoms with Crippen molar-refractivity contribution >= 4 is 18.2 Å². The van der Waals surface area contributed by atoms with Gasteiger partial charge < -0.3 is 14.2 Å². The van der Waals surface area contributed by atoms with Gasteiger partial charge >= 0.3 is 18.2 Å². The zero-order valence-corrected chi connectivity index (χ0v) is 13.3. The highest BCUT2D eigenvalue weighted by Crippen LogP contribution is 2.21. The van der Waals surface area contributed by atoms with Crippen LogP contribution in [0.3, 0.4) is 0 Å². The fourth-order valence-corrected chi connectivity index (χ4v) is 2.00. The molecule has 124 valence electrons. The predicted octanol–water partition coefficient (Wildman–Crippen LogP) is 1.71. The van der Waals surface area contributed by atoms with Crippen molar-refractivity contribution < 1.29 is 28.6 Å². The Labute approximate surface area is 129 Å². The number of hydrogen-bond donors (Lipinski definition) is 0. The van der Waals surface area contributed by atoms with Crippen molar-refractivity contribution in [2.45, 2.75) is 39.8 Å². The molecule has 0 aromatic heterocycles. The quantitative estimate of drug-likeness (QED) is 0.446. The van der Waals surface area contributed by atoms with E-state index in [9.17, 15) is 14.4 Å². The van der Waals surface area contributed by atoms with Crippen LogP contribution >= 0.6 is 0 Å². The number of amides is 2. The second-order valence-corrected chi connectivity index (χ2v) is 4.41. The molecule has 0 fully saturated rings. The Bertz CT molecular complexity index is 451. The number of carbonyl (C=O) groups excluding carboxylic acids is 3. The third-order valence-corrected chi connectivity index (χ3v) is 2.89. The maximum atomic E-state index is 12.2. The van der Waals surface area contributed by atoms with Crippen molar-refractivity contribution in [1.82, 2.24) is 10.0 Å². The van der Waals surface area contributed by atoms with Crippen molar-refractivity contribution in [3.8, 4) is 0 Å². The maximum Gasteiger partial charge on any atom is 0.430 e. The molecule has 0 spiro atoms. The van der Waals surface area contributed by atoms with E-state index in [0.29, 0.717) is 0 Å². The average Bonchev–Trinajstić information content (AvgIpc) is 2.47. The lowest BCUT2D eigenvalue weighted by molar-refractivity contribution is -0.154. The normalized spacial score (nSPS) is 20.5. The highest BCUT2D eigenvalue weighted by molar-refractivity contribution is 5.85. The third-order valence-electron chi connectivity index (χ3n) is 2.89. The summed E-state index contributed by atoms with van der Waals surface area (Å²) < 4.78 is 14.8. The van der Waals surface area contributed by atoms with Gasteiger partial charge in [0, 0.05) is 0 Å². The Morgan fingerprint density at radius 1 is 0.864 bits per heavy atom. The molecule has 0 radical (unpaired) electrons. The predicted molar refractivity (Wildman–Crippen MR) is 76.7 cm³/mol. The molecule has 1 aliphatic rings.